The number of ether oxygens (including phenoxy) is 1. The van der Waals surface area contributed by atoms with Crippen molar-refractivity contribution in [3.63, 3.8) is 0 Å². The molecule has 0 aliphatic carbocycles. The third kappa shape index (κ3) is 4.22. The highest BCUT2D eigenvalue weighted by Crippen LogP contribution is 2.42. The number of rotatable bonds is 5. The lowest BCUT2D eigenvalue weighted by Crippen LogP contribution is -2.65. The van der Waals surface area contributed by atoms with E-state index >= 15 is 4.39 Å². The topological polar surface area (TPSA) is 87.7 Å². The Morgan fingerprint density at radius 2 is 1.98 bits per heavy atom. The molecule has 7 rings (SSSR count). The molecular weight excluding hydrogens is 543 g/mol. The molecule has 42 heavy (non-hydrogen) atoms. The lowest BCUT2D eigenvalue weighted by atomic mass is 9.92. The van der Waals surface area contributed by atoms with Gasteiger partial charge in [0, 0.05) is 47.9 Å². The molecule has 3 fully saturated rings. The van der Waals surface area contributed by atoms with E-state index in [4.69, 9.17) is 16.9 Å². The second-order valence-corrected chi connectivity index (χ2v) is 12.2. The Morgan fingerprint density at radius 3 is 2.74 bits per heavy atom. The van der Waals surface area contributed by atoms with Crippen molar-refractivity contribution in [1.29, 1.82) is 0 Å². The maximum absolute atomic E-state index is 16.6. The normalized spacial score (nSPS) is 23.2. The molecule has 10 heteroatoms. The maximum Gasteiger partial charge on any atom is 0.319 e. The fourth-order valence-electron chi connectivity index (χ4n) is 7.04. The molecule has 4 heterocycles. The molecule has 0 amide bonds. The van der Waals surface area contributed by atoms with Crippen LogP contribution in [-0.2, 0) is 0 Å². The second kappa shape index (κ2) is 9.48. The van der Waals surface area contributed by atoms with Crippen molar-refractivity contribution in [1.82, 2.24) is 14.9 Å². The Kier molecular flexibility index (Phi) is 6.05. The highest BCUT2D eigenvalue weighted by Gasteiger charge is 2.49. The molecule has 0 bridgehead atoms. The van der Waals surface area contributed by atoms with Crippen LogP contribution < -0.4 is 15.4 Å². The number of phenolic OH excluding ortho intramolecular Hbond substituents is 1. The molecule has 2 atom stereocenters. The largest absolute Gasteiger partial charge is 0.508 e. The predicted octanol–water partition coefficient (Wildman–Crippen LogP) is 4.91. The summed E-state index contributed by atoms with van der Waals surface area (Å²) in [4.78, 5) is 13.2. The fourth-order valence-corrected chi connectivity index (χ4v) is 7.04. The molecule has 3 aromatic carbocycles. The van der Waals surface area contributed by atoms with Crippen LogP contribution in [0.1, 0.15) is 31.7 Å². The van der Waals surface area contributed by atoms with E-state index in [2.05, 4.69) is 20.8 Å². The highest BCUT2D eigenvalue weighted by molar-refractivity contribution is 6.04. The molecule has 7 nitrogen and oxygen atoms in total. The maximum atomic E-state index is 16.6. The molecule has 1 aromatic heterocycles. The van der Waals surface area contributed by atoms with Crippen molar-refractivity contribution in [3.05, 3.63) is 53.6 Å². The van der Waals surface area contributed by atoms with Gasteiger partial charge in [-0.05, 0) is 61.5 Å². The number of aromatic nitrogens is 2. The fraction of sp³-hybridized carbons (Fsp3) is 0.375. The Labute approximate surface area is 241 Å². The van der Waals surface area contributed by atoms with Crippen LogP contribution in [0.2, 0.25) is 0 Å². The number of anilines is 1. The van der Waals surface area contributed by atoms with Gasteiger partial charge < -0.3 is 20.5 Å². The zero-order valence-electron chi connectivity index (χ0n) is 23.1. The molecule has 3 N–H and O–H groups in total. The molecule has 3 saturated heterocycles. The number of nitrogens with two attached hydrogens (primary N) is 1. The van der Waals surface area contributed by atoms with Gasteiger partial charge in [0.1, 0.15) is 35.7 Å². The van der Waals surface area contributed by atoms with E-state index < -0.39 is 28.9 Å². The van der Waals surface area contributed by atoms with Crippen molar-refractivity contribution in [2.24, 2.45) is 5.73 Å². The molecular formula is C32H30F3N5O2. The van der Waals surface area contributed by atoms with Crippen molar-refractivity contribution in [3.8, 4) is 35.2 Å². The molecule has 0 radical (unpaired) electrons. The zero-order valence-corrected chi connectivity index (χ0v) is 23.1. The zero-order chi connectivity index (χ0) is 29.4. The van der Waals surface area contributed by atoms with Crippen LogP contribution in [0.3, 0.4) is 0 Å². The minimum absolute atomic E-state index is 0.00356. The first-order valence-corrected chi connectivity index (χ1v) is 14.1. The average molecular weight is 574 g/mol. The molecule has 3 aliphatic rings. The number of hydrogen-bond donors (Lipinski definition) is 2. The van der Waals surface area contributed by atoms with Crippen LogP contribution in [0.15, 0.2) is 36.4 Å². The summed E-state index contributed by atoms with van der Waals surface area (Å²) in [6.07, 6.45) is 6.88. The Bertz CT molecular complexity index is 1800. The van der Waals surface area contributed by atoms with Gasteiger partial charge in [0.25, 0.3) is 0 Å². The average Bonchev–Trinajstić information content (AvgIpc) is 3.46. The summed E-state index contributed by atoms with van der Waals surface area (Å²) in [6.45, 7) is 4.32. The number of benzene rings is 3. The first-order valence-electron chi connectivity index (χ1n) is 14.1. The van der Waals surface area contributed by atoms with E-state index in [0.29, 0.717) is 48.0 Å². The lowest BCUT2D eigenvalue weighted by molar-refractivity contribution is 0.107. The Morgan fingerprint density at radius 1 is 1.17 bits per heavy atom. The van der Waals surface area contributed by atoms with Crippen molar-refractivity contribution >= 4 is 27.5 Å². The first-order chi connectivity index (χ1) is 20.1. The van der Waals surface area contributed by atoms with Crippen LogP contribution >= 0.6 is 0 Å². The van der Waals surface area contributed by atoms with Gasteiger partial charge in [-0.2, -0.15) is 9.97 Å². The third-order valence-electron chi connectivity index (χ3n) is 8.89. The van der Waals surface area contributed by atoms with E-state index in [-0.39, 0.29) is 40.6 Å². The van der Waals surface area contributed by atoms with E-state index in [9.17, 15) is 13.9 Å². The summed E-state index contributed by atoms with van der Waals surface area (Å²) in [7, 11) is 0. The quantitative estimate of drug-likeness (QED) is 0.328. The number of fused-ring (bicyclic) bond motifs is 3. The predicted molar refractivity (Wildman–Crippen MR) is 155 cm³/mol. The monoisotopic (exact) mass is 573 g/mol. The minimum Gasteiger partial charge on any atom is -0.508 e. The summed E-state index contributed by atoms with van der Waals surface area (Å²) in [5.74, 6) is 1.42. The van der Waals surface area contributed by atoms with E-state index in [1.807, 2.05) is 11.8 Å². The SMILES string of the molecule is C#Cc1c(F)ccc2cc(O)cc(-c3ccc4c(N5CC(C)(N)C5)nc(OC[C@@]56CCCN5C[C@H](F)C6)nc4c3F)c12. The van der Waals surface area contributed by atoms with Crippen LogP contribution in [-0.4, -0.2) is 70.0 Å². The van der Waals surface area contributed by atoms with Crippen molar-refractivity contribution in [2.45, 2.75) is 43.4 Å². The first kappa shape index (κ1) is 26.8. The van der Waals surface area contributed by atoms with Gasteiger partial charge in [-0.3, -0.25) is 4.90 Å². The number of alkyl halides is 1. The van der Waals surface area contributed by atoms with Crippen LogP contribution in [0.4, 0.5) is 19.0 Å². The summed E-state index contributed by atoms with van der Waals surface area (Å²) in [6, 6.07) is 8.77. The Balaban J connectivity index is 1.37. The molecule has 4 aromatic rings. The van der Waals surface area contributed by atoms with Crippen molar-refractivity contribution in [2.75, 3.05) is 37.7 Å². The molecule has 0 spiro atoms. The van der Waals surface area contributed by atoms with Gasteiger partial charge >= 0.3 is 6.01 Å². The number of hydrogen-bond acceptors (Lipinski definition) is 7. The number of phenols is 1. The van der Waals surface area contributed by atoms with Gasteiger partial charge in [-0.25, -0.2) is 13.2 Å². The van der Waals surface area contributed by atoms with Crippen molar-refractivity contribution < 1.29 is 23.0 Å². The lowest BCUT2D eigenvalue weighted by Gasteiger charge is -2.46. The highest BCUT2D eigenvalue weighted by atomic mass is 19.1. The summed E-state index contributed by atoms with van der Waals surface area (Å²) >= 11 is 0. The van der Waals surface area contributed by atoms with E-state index in [0.717, 1.165) is 19.4 Å². The van der Waals surface area contributed by atoms with E-state index in [1.54, 1.807) is 12.1 Å². The number of aromatic hydroxyl groups is 1. The Hall–Kier alpha value is -4.07. The number of nitrogens with zero attached hydrogens (tertiary/aromatic N) is 4. The van der Waals surface area contributed by atoms with Crippen LogP contribution in [0.25, 0.3) is 32.8 Å². The minimum atomic E-state index is -0.917. The molecule has 0 saturated carbocycles. The van der Waals surface area contributed by atoms with Crippen LogP contribution in [0, 0.1) is 24.0 Å². The molecule has 0 unspecified atom stereocenters. The van der Waals surface area contributed by atoms with Gasteiger partial charge in [0.2, 0.25) is 0 Å². The van der Waals surface area contributed by atoms with Gasteiger partial charge in [0.05, 0.1) is 11.1 Å². The second-order valence-electron chi connectivity index (χ2n) is 12.2. The number of terminal acetylenes is 1. The molecule has 216 valence electrons. The summed E-state index contributed by atoms with van der Waals surface area (Å²) < 4.78 is 51.8. The standard InChI is InChI=1S/C32H30F3N5O2/c1-3-21-25(34)8-5-18-11-20(41)12-24(26(18)21)22-6-7-23-28(27(22)35)37-30(38-29(23)39-15-31(2,36)16-39)42-17-32-9-4-10-40(32)14-19(33)13-32/h1,5-8,11-12,19,41H,4,9-10,13-17,36H2,2H3/t19-,32+/m1/s1. The summed E-state index contributed by atoms with van der Waals surface area (Å²) in [5, 5.41) is 11.7. The van der Waals surface area contributed by atoms with Gasteiger partial charge in [0.15, 0.2) is 5.82 Å². The summed E-state index contributed by atoms with van der Waals surface area (Å²) in [5.41, 5.74) is 5.73. The van der Waals surface area contributed by atoms with E-state index in [1.165, 1.54) is 24.3 Å². The third-order valence-corrected chi connectivity index (χ3v) is 8.89. The smallest absolute Gasteiger partial charge is 0.319 e. The number of halogens is 3. The van der Waals surface area contributed by atoms with Gasteiger partial charge in [-0.15, -0.1) is 6.42 Å². The molecule has 3 aliphatic heterocycles. The van der Waals surface area contributed by atoms with Crippen LogP contribution in [0.5, 0.6) is 11.8 Å². The van der Waals surface area contributed by atoms with Gasteiger partial charge in [-0.1, -0.05) is 18.1 Å².